The molecule has 0 atom stereocenters. The second-order valence-corrected chi connectivity index (χ2v) is 11.4. The van der Waals surface area contributed by atoms with E-state index < -0.39 is 9.84 Å². The summed E-state index contributed by atoms with van der Waals surface area (Å²) in [6, 6.07) is 35.6. The molecule has 6 aromatic rings. The molecule has 0 unspecified atom stereocenters. The molecule has 6 rings (SSSR count). The number of aromatic amines is 2. The molecule has 4 N–H and O–H groups in total. The van der Waals surface area contributed by atoms with Crippen molar-refractivity contribution in [2.45, 2.75) is 21.3 Å². The van der Waals surface area contributed by atoms with Gasteiger partial charge in [0, 0.05) is 44.8 Å². The van der Waals surface area contributed by atoms with Crippen molar-refractivity contribution in [2.75, 3.05) is 0 Å². The maximum atomic E-state index is 12.5. The summed E-state index contributed by atoms with van der Waals surface area (Å²) in [4.78, 5) is 8.00. The largest absolute Gasteiger partial charge is 0.412 e. The molecule has 2 heterocycles. The van der Waals surface area contributed by atoms with Crippen LogP contribution in [0.15, 0.2) is 131 Å². The normalized spacial score (nSPS) is 11.0. The minimum atomic E-state index is -3.33. The number of para-hydroxylation sites is 2. The first-order chi connectivity index (χ1) is 17.6. The van der Waals surface area contributed by atoms with Crippen molar-refractivity contribution in [1.29, 1.82) is 0 Å². The Morgan fingerprint density at radius 3 is 1.78 bits per heavy atom. The molecule has 0 bridgehead atoms. The molecule has 7 heteroatoms. The first-order valence-corrected chi connectivity index (χ1v) is 14.3. The number of aromatic nitrogens is 2. The first-order valence-electron chi connectivity index (χ1n) is 11.7. The van der Waals surface area contributed by atoms with Crippen molar-refractivity contribution in [2.24, 2.45) is 0 Å². The van der Waals surface area contributed by atoms with Crippen LogP contribution in [-0.4, -0.2) is 23.9 Å². The lowest BCUT2D eigenvalue weighted by Crippen LogP contribution is -2.04. The van der Waals surface area contributed by atoms with E-state index in [1.807, 2.05) is 66.4 Å². The molecule has 0 spiro atoms. The van der Waals surface area contributed by atoms with Gasteiger partial charge in [-0.15, -0.1) is 11.8 Å². The van der Waals surface area contributed by atoms with Gasteiger partial charge in [-0.05, 0) is 23.3 Å². The van der Waals surface area contributed by atoms with E-state index in [1.54, 1.807) is 6.20 Å². The summed E-state index contributed by atoms with van der Waals surface area (Å²) in [7, 11) is -3.33. The lowest BCUT2D eigenvalue weighted by molar-refractivity contribution is 0.596. The molecule has 0 saturated carbocycles. The minimum absolute atomic E-state index is 0. The summed E-state index contributed by atoms with van der Waals surface area (Å²) in [5, 5.41) is 2.06. The Balaban J connectivity index is 0.000000169. The van der Waals surface area contributed by atoms with Gasteiger partial charge in [0.15, 0.2) is 9.84 Å². The zero-order valence-electron chi connectivity index (χ0n) is 20.1. The lowest BCUT2D eigenvalue weighted by atomic mass is 10.2. The molecule has 4 aromatic carbocycles. The molecule has 188 valence electrons. The van der Waals surface area contributed by atoms with Crippen molar-refractivity contribution in [3.8, 4) is 0 Å². The molecule has 37 heavy (non-hydrogen) atoms. The van der Waals surface area contributed by atoms with Crippen LogP contribution in [-0.2, 0) is 21.3 Å². The molecule has 5 nitrogen and oxygen atoms in total. The van der Waals surface area contributed by atoms with Crippen molar-refractivity contribution >= 4 is 43.4 Å². The van der Waals surface area contributed by atoms with Crippen LogP contribution in [0.1, 0.15) is 11.1 Å². The molecular formula is C30H28N2O3S2. The number of nitrogens with one attached hydrogen (secondary N) is 2. The molecule has 0 radical (unpaired) electrons. The van der Waals surface area contributed by atoms with E-state index in [0.29, 0.717) is 4.90 Å². The van der Waals surface area contributed by atoms with Crippen molar-refractivity contribution in [1.82, 2.24) is 9.97 Å². The molecule has 0 aliphatic rings. The smallest absolute Gasteiger partial charge is 0.184 e. The van der Waals surface area contributed by atoms with Gasteiger partial charge in [0.1, 0.15) is 0 Å². The van der Waals surface area contributed by atoms with Crippen LogP contribution in [0, 0.1) is 0 Å². The monoisotopic (exact) mass is 528 g/mol. The van der Waals surface area contributed by atoms with Crippen LogP contribution in [0.4, 0.5) is 0 Å². The Labute approximate surface area is 220 Å². The number of fused-ring (bicyclic) bond motifs is 2. The molecule has 0 saturated heterocycles. The zero-order valence-corrected chi connectivity index (χ0v) is 21.7. The first kappa shape index (κ1) is 26.3. The summed E-state index contributed by atoms with van der Waals surface area (Å²) in [6.45, 7) is 0. The number of H-pyrrole nitrogens is 2. The molecule has 0 aliphatic carbocycles. The van der Waals surface area contributed by atoms with Gasteiger partial charge in [0.05, 0.1) is 10.6 Å². The van der Waals surface area contributed by atoms with Gasteiger partial charge in [-0.2, -0.15) is 0 Å². The third kappa shape index (κ3) is 6.32. The highest BCUT2D eigenvalue weighted by molar-refractivity contribution is 7.98. The average molecular weight is 529 g/mol. The van der Waals surface area contributed by atoms with Crippen LogP contribution in [0.25, 0.3) is 21.8 Å². The van der Waals surface area contributed by atoms with E-state index in [2.05, 4.69) is 70.8 Å². The number of benzene rings is 4. The van der Waals surface area contributed by atoms with E-state index >= 15 is 0 Å². The van der Waals surface area contributed by atoms with Gasteiger partial charge in [0.2, 0.25) is 0 Å². The third-order valence-electron chi connectivity index (χ3n) is 5.87. The van der Waals surface area contributed by atoms with Gasteiger partial charge in [-0.1, -0.05) is 97.1 Å². The van der Waals surface area contributed by atoms with Crippen LogP contribution >= 0.6 is 11.8 Å². The topological polar surface area (TPSA) is 97.2 Å². The second-order valence-electron chi connectivity index (χ2n) is 8.42. The Kier molecular flexibility index (Phi) is 8.50. The quantitative estimate of drug-likeness (QED) is 0.233. The average Bonchev–Trinajstić information content (AvgIpc) is 3.54. The van der Waals surface area contributed by atoms with E-state index in [0.717, 1.165) is 22.2 Å². The molecule has 0 aliphatic heterocycles. The van der Waals surface area contributed by atoms with Crippen LogP contribution in [0.5, 0.6) is 0 Å². The maximum absolute atomic E-state index is 12.5. The van der Waals surface area contributed by atoms with Gasteiger partial charge in [-0.3, -0.25) is 0 Å². The number of thioether (sulfide) groups is 1. The Morgan fingerprint density at radius 2 is 1.11 bits per heavy atom. The zero-order chi connectivity index (χ0) is 24.8. The summed E-state index contributed by atoms with van der Waals surface area (Å²) < 4.78 is 24.9. The number of hydrogen-bond acceptors (Lipinski definition) is 3. The highest BCUT2D eigenvalue weighted by Crippen LogP contribution is 2.30. The van der Waals surface area contributed by atoms with Gasteiger partial charge in [-0.25, -0.2) is 8.42 Å². The molecule has 0 fully saturated rings. The second kappa shape index (κ2) is 12.0. The number of hydrogen-bond donors (Lipinski definition) is 2. The third-order valence-corrected chi connectivity index (χ3v) is 8.72. The fourth-order valence-electron chi connectivity index (χ4n) is 4.07. The SMILES string of the molecule is O.O=S(=O)(Cc1ccccc1)c1c[nH]c2ccccc12.c1ccc(CSc2c[nH]c3ccccc23)cc1. The standard InChI is InChI=1S/C15H13NO2S.C15H13NS.H2O/c17-19(18,11-12-6-2-1-3-7-12)15-10-16-14-9-5-4-8-13(14)15;1-2-6-12(7-3-1)11-17-15-10-16-14-9-5-4-8-13(14)15;/h1-10,16H,11H2;1-10,16H,11H2;1H2. The fourth-order valence-corrected chi connectivity index (χ4v) is 6.60. The summed E-state index contributed by atoms with van der Waals surface area (Å²) in [6.07, 6.45) is 3.67. The van der Waals surface area contributed by atoms with Crippen molar-refractivity contribution < 1.29 is 13.9 Å². The summed E-state index contributed by atoms with van der Waals surface area (Å²) >= 11 is 1.88. The Morgan fingerprint density at radius 1 is 0.595 bits per heavy atom. The summed E-state index contributed by atoms with van der Waals surface area (Å²) in [5.41, 5.74) is 4.22. The predicted molar refractivity (Wildman–Crippen MR) is 154 cm³/mol. The van der Waals surface area contributed by atoms with E-state index in [9.17, 15) is 8.42 Å². The van der Waals surface area contributed by atoms with E-state index in [4.69, 9.17) is 0 Å². The molecule has 2 aromatic heterocycles. The Hall–Kier alpha value is -3.78. The van der Waals surface area contributed by atoms with Crippen molar-refractivity contribution in [3.05, 3.63) is 133 Å². The van der Waals surface area contributed by atoms with E-state index in [-0.39, 0.29) is 11.2 Å². The van der Waals surface area contributed by atoms with Gasteiger partial charge < -0.3 is 15.4 Å². The minimum Gasteiger partial charge on any atom is -0.412 e. The maximum Gasteiger partial charge on any atom is 0.184 e. The highest BCUT2D eigenvalue weighted by Gasteiger charge is 2.19. The van der Waals surface area contributed by atoms with Crippen LogP contribution in [0.3, 0.4) is 0 Å². The number of sulfone groups is 1. The van der Waals surface area contributed by atoms with Gasteiger partial charge >= 0.3 is 0 Å². The predicted octanol–water partition coefficient (Wildman–Crippen LogP) is 6.78. The highest BCUT2D eigenvalue weighted by atomic mass is 32.2. The summed E-state index contributed by atoms with van der Waals surface area (Å²) in [5.74, 6) is 1.04. The van der Waals surface area contributed by atoms with Crippen LogP contribution < -0.4 is 0 Å². The number of rotatable bonds is 6. The lowest BCUT2D eigenvalue weighted by Gasteiger charge is -2.03. The van der Waals surface area contributed by atoms with Gasteiger partial charge in [0.25, 0.3) is 0 Å². The fraction of sp³-hybridized carbons (Fsp3) is 0.0667. The van der Waals surface area contributed by atoms with Crippen LogP contribution in [0.2, 0.25) is 0 Å². The molecular weight excluding hydrogens is 500 g/mol. The van der Waals surface area contributed by atoms with E-state index in [1.165, 1.54) is 21.4 Å². The Bertz CT molecular complexity index is 1680. The van der Waals surface area contributed by atoms with Crippen molar-refractivity contribution in [3.63, 3.8) is 0 Å². The molecule has 0 amide bonds.